The van der Waals surface area contributed by atoms with Crippen molar-refractivity contribution in [1.29, 1.82) is 0 Å². The van der Waals surface area contributed by atoms with Crippen LogP contribution in [-0.2, 0) is 11.3 Å². The molecule has 0 radical (unpaired) electrons. The van der Waals surface area contributed by atoms with Crippen LogP contribution < -0.4 is 0 Å². The molecular formula is C19H21N3O2S. The molecule has 1 amide bonds. The lowest BCUT2D eigenvalue weighted by molar-refractivity contribution is -0.126. The normalized spacial score (nSPS) is 19.4. The minimum atomic E-state index is -0.0772. The summed E-state index contributed by atoms with van der Waals surface area (Å²) in [6.45, 7) is 4.66. The smallest absolute Gasteiger partial charge is 0.242 e. The molecule has 0 aliphatic carbocycles. The standard InChI is InChI=1S/C19H21N3O2S/c1-3-7-17-18(23)22(13-15-9-5-4-8-14(15)2)19(25-17)21-20-12-16-10-6-11-24-16/h4-6,8-12,17H,3,7,13H2,1-2H3/b20-12-,21-19-/t17-/m0/s1. The van der Waals surface area contributed by atoms with Crippen LogP contribution in [0.2, 0.25) is 0 Å². The van der Waals surface area contributed by atoms with Crippen LogP contribution in [0, 0.1) is 6.92 Å². The summed E-state index contributed by atoms with van der Waals surface area (Å²) in [6.07, 6.45) is 4.94. The van der Waals surface area contributed by atoms with Crippen LogP contribution in [0.4, 0.5) is 0 Å². The first-order valence-electron chi connectivity index (χ1n) is 8.36. The average molecular weight is 355 g/mol. The van der Waals surface area contributed by atoms with Gasteiger partial charge in [0.1, 0.15) is 5.76 Å². The maximum absolute atomic E-state index is 12.8. The number of carbonyl (C=O) groups excluding carboxylic acids is 1. The van der Waals surface area contributed by atoms with E-state index in [0.717, 1.165) is 24.0 Å². The fourth-order valence-corrected chi connectivity index (χ4v) is 3.85. The Morgan fingerprint density at radius 2 is 2.12 bits per heavy atom. The lowest BCUT2D eigenvalue weighted by atomic mass is 10.1. The van der Waals surface area contributed by atoms with Gasteiger partial charge in [0.15, 0.2) is 5.17 Å². The lowest BCUT2D eigenvalue weighted by Crippen LogP contribution is -2.31. The van der Waals surface area contributed by atoms with E-state index in [4.69, 9.17) is 4.42 Å². The van der Waals surface area contributed by atoms with E-state index in [1.54, 1.807) is 23.4 Å². The molecular weight excluding hydrogens is 334 g/mol. The molecule has 5 nitrogen and oxygen atoms in total. The predicted octanol–water partition coefficient (Wildman–Crippen LogP) is 4.22. The zero-order chi connectivity index (χ0) is 17.6. The van der Waals surface area contributed by atoms with Crippen LogP contribution in [0.5, 0.6) is 0 Å². The third-order valence-electron chi connectivity index (χ3n) is 4.03. The fourth-order valence-electron chi connectivity index (χ4n) is 2.63. The van der Waals surface area contributed by atoms with Crippen LogP contribution in [0.3, 0.4) is 0 Å². The molecule has 1 aliphatic rings. The third kappa shape index (κ3) is 4.20. The minimum absolute atomic E-state index is 0.0772. The Bertz CT molecular complexity index is 784. The number of furan rings is 1. The van der Waals surface area contributed by atoms with E-state index >= 15 is 0 Å². The molecule has 3 rings (SSSR count). The Morgan fingerprint density at radius 1 is 1.28 bits per heavy atom. The maximum Gasteiger partial charge on any atom is 0.242 e. The number of nitrogens with zero attached hydrogens (tertiary/aromatic N) is 3. The molecule has 2 aromatic rings. The number of amides is 1. The van der Waals surface area contributed by atoms with E-state index in [9.17, 15) is 4.79 Å². The molecule has 1 aromatic heterocycles. The summed E-state index contributed by atoms with van der Waals surface area (Å²) in [5, 5.41) is 8.95. The molecule has 0 N–H and O–H groups in total. The first-order chi connectivity index (χ1) is 12.2. The molecule has 25 heavy (non-hydrogen) atoms. The molecule has 1 aromatic carbocycles. The number of benzene rings is 1. The molecule has 130 valence electrons. The molecule has 0 spiro atoms. The van der Waals surface area contributed by atoms with Crippen molar-refractivity contribution in [2.24, 2.45) is 10.2 Å². The second kappa shape index (κ2) is 8.16. The summed E-state index contributed by atoms with van der Waals surface area (Å²) in [5.41, 5.74) is 2.29. The molecule has 0 bridgehead atoms. The summed E-state index contributed by atoms with van der Waals surface area (Å²) >= 11 is 1.50. The van der Waals surface area contributed by atoms with Gasteiger partial charge in [0, 0.05) is 0 Å². The zero-order valence-corrected chi connectivity index (χ0v) is 15.2. The topological polar surface area (TPSA) is 58.2 Å². The fraction of sp³-hybridized carbons (Fsp3) is 0.316. The number of amidine groups is 1. The summed E-state index contributed by atoms with van der Waals surface area (Å²) in [4.78, 5) is 14.5. The van der Waals surface area contributed by atoms with Gasteiger partial charge in [-0.2, -0.15) is 5.10 Å². The Kier molecular flexibility index (Phi) is 5.71. The quantitative estimate of drug-likeness (QED) is 0.576. The number of hydrogen-bond donors (Lipinski definition) is 0. The number of aryl methyl sites for hydroxylation is 1. The van der Waals surface area contributed by atoms with Gasteiger partial charge >= 0.3 is 0 Å². The number of hydrogen-bond acceptors (Lipinski definition) is 5. The largest absolute Gasteiger partial charge is 0.463 e. The van der Waals surface area contributed by atoms with Crippen molar-refractivity contribution in [2.45, 2.75) is 38.5 Å². The van der Waals surface area contributed by atoms with Crippen molar-refractivity contribution >= 4 is 29.1 Å². The first kappa shape index (κ1) is 17.5. The van der Waals surface area contributed by atoms with E-state index in [1.165, 1.54) is 11.8 Å². The van der Waals surface area contributed by atoms with E-state index in [-0.39, 0.29) is 11.2 Å². The van der Waals surface area contributed by atoms with Crippen LogP contribution in [-0.4, -0.2) is 27.4 Å². The number of carbonyl (C=O) groups is 1. The van der Waals surface area contributed by atoms with Crippen molar-refractivity contribution in [2.75, 3.05) is 0 Å². The van der Waals surface area contributed by atoms with E-state index in [0.29, 0.717) is 17.5 Å². The summed E-state index contributed by atoms with van der Waals surface area (Å²) < 4.78 is 5.21. The average Bonchev–Trinajstić information content (AvgIpc) is 3.21. The minimum Gasteiger partial charge on any atom is -0.463 e. The SMILES string of the molecule is CCC[C@@H]1S/C(=N\N=C/c2ccco2)N(Cc2ccccc2C)C1=O. The lowest BCUT2D eigenvalue weighted by Gasteiger charge is -2.17. The van der Waals surface area contributed by atoms with Gasteiger partial charge in [-0.25, -0.2) is 0 Å². The van der Waals surface area contributed by atoms with Crippen LogP contribution in [0.25, 0.3) is 0 Å². The van der Waals surface area contributed by atoms with Crippen molar-refractivity contribution in [3.63, 3.8) is 0 Å². The van der Waals surface area contributed by atoms with Gasteiger partial charge in [-0.05, 0) is 36.6 Å². The molecule has 1 saturated heterocycles. The molecule has 1 fully saturated rings. The monoisotopic (exact) mass is 355 g/mol. The van der Waals surface area contributed by atoms with Gasteiger partial charge in [-0.3, -0.25) is 9.69 Å². The second-order valence-corrected chi connectivity index (χ2v) is 7.06. The highest BCUT2D eigenvalue weighted by Crippen LogP contribution is 2.32. The predicted molar refractivity (Wildman–Crippen MR) is 102 cm³/mol. The van der Waals surface area contributed by atoms with Gasteiger partial charge in [0.05, 0.1) is 24.3 Å². The van der Waals surface area contributed by atoms with E-state index in [1.807, 2.05) is 24.3 Å². The summed E-state index contributed by atoms with van der Waals surface area (Å²) in [6, 6.07) is 11.7. The molecule has 0 unspecified atom stereocenters. The zero-order valence-electron chi connectivity index (χ0n) is 14.4. The highest BCUT2D eigenvalue weighted by molar-refractivity contribution is 8.15. The second-order valence-electron chi connectivity index (χ2n) is 5.89. The van der Waals surface area contributed by atoms with Gasteiger partial charge in [-0.1, -0.05) is 49.4 Å². The van der Waals surface area contributed by atoms with E-state index in [2.05, 4.69) is 30.1 Å². The number of rotatable bonds is 6. The maximum atomic E-state index is 12.8. The van der Waals surface area contributed by atoms with E-state index < -0.39 is 0 Å². The first-order valence-corrected chi connectivity index (χ1v) is 9.24. The Morgan fingerprint density at radius 3 is 2.84 bits per heavy atom. The van der Waals surface area contributed by atoms with Crippen molar-refractivity contribution in [3.05, 3.63) is 59.5 Å². The van der Waals surface area contributed by atoms with Crippen molar-refractivity contribution < 1.29 is 9.21 Å². The van der Waals surface area contributed by atoms with Gasteiger partial charge in [0.2, 0.25) is 5.91 Å². The molecule has 0 saturated carbocycles. The summed E-state index contributed by atoms with van der Waals surface area (Å²) in [5.74, 6) is 0.747. The molecule has 6 heteroatoms. The van der Waals surface area contributed by atoms with Crippen LogP contribution in [0.15, 0.2) is 57.3 Å². The van der Waals surface area contributed by atoms with Gasteiger partial charge in [-0.15, -0.1) is 5.10 Å². The Hall–Kier alpha value is -2.34. The Labute approximate surface area is 151 Å². The molecule has 1 aliphatic heterocycles. The summed E-state index contributed by atoms with van der Waals surface area (Å²) in [7, 11) is 0. The third-order valence-corrected chi connectivity index (χ3v) is 5.27. The molecule has 2 heterocycles. The van der Waals surface area contributed by atoms with Crippen molar-refractivity contribution in [1.82, 2.24) is 4.90 Å². The molecule has 1 atom stereocenters. The van der Waals surface area contributed by atoms with Crippen LogP contribution >= 0.6 is 11.8 Å². The highest BCUT2D eigenvalue weighted by Gasteiger charge is 2.37. The number of thioether (sulfide) groups is 1. The van der Waals surface area contributed by atoms with Gasteiger partial charge < -0.3 is 4.42 Å². The van der Waals surface area contributed by atoms with Crippen molar-refractivity contribution in [3.8, 4) is 0 Å². The Balaban J connectivity index is 1.82. The highest BCUT2D eigenvalue weighted by atomic mass is 32.2. The van der Waals surface area contributed by atoms with Gasteiger partial charge in [0.25, 0.3) is 0 Å². The van der Waals surface area contributed by atoms with Crippen LogP contribution in [0.1, 0.15) is 36.7 Å².